The van der Waals surface area contributed by atoms with Crippen LogP contribution in [-0.2, 0) is 15.0 Å². The van der Waals surface area contributed by atoms with E-state index in [9.17, 15) is 10.1 Å². The summed E-state index contributed by atoms with van der Waals surface area (Å²) in [6, 6.07) is 8.20. The third-order valence-electron chi connectivity index (χ3n) is 5.03. The highest BCUT2D eigenvalue weighted by Gasteiger charge is 2.45. The average molecular weight is 320 g/mol. The Balaban J connectivity index is 1.99. The molecule has 0 heterocycles. The molecule has 1 aromatic carbocycles. The molecule has 0 saturated heterocycles. The minimum absolute atomic E-state index is 0.0788. The van der Waals surface area contributed by atoms with Gasteiger partial charge in [-0.05, 0) is 47.1 Å². The maximum absolute atomic E-state index is 10.9. The lowest BCUT2D eigenvalue weighted by Crippen LogP contribution is -2.26. The first kappa shape index (κ1) is 16.2. The second kappa shape index (κ2) is 5.76. The number of oxime groups is 1. The van der Waals surface area contributed by atoms with E-state index in [4.69, 9.17) is 4.84 Å². The summed E-state index contributed by atoms with van der Waals surface area (Å²) in [6.07, 6.45) is 6.43. The van der Waals surface area contributed by atoms with Gasteiger partial charge in [0.2, 0.25) is 0 Å². The van der Waals surface area contributed by atoms with E-state index in [2.05, 4.69) is 43.3 Å². The number of carbonyl (C=O) groups is 1. The molecule has 1 aromatic rings. The van der Waals surface area contributed by atoms with Gasteiger partial charge in [-0.3, -0.25) is 0 Å². The van der Waals surface area contributed by atoms with Crippen LogP contribution >= 0.6 is 0 Å². The first-order chi connectivity index (χ1) is 11.3. The van der Waals surface area contributed by atoms with Crippen molar-refractivity contribution in [1.29, 1.82) is 5.26 Å². The van der Waals surface area contributed by atoms with Gasteiger partial charge in [0, 0.05) is 12.8 Å². The Kier molecular flexibility index (Phi) is 3.88. The van der Waals surface area contributed by atoms with E-state index in [1.807, 2.05) is 25.1 Å². The highest BCUT2D eigenvalue weighted by molar-refractivity contribution is 6.01. The van der Waals surface area contributed by atoms with Crippen molar-refractivity contribution in [2.45, 2.75) is 39.0 Å². The SMILES string of the molecule is CC(=O)O/N=C(\C)C1=C[C@@H]2C(C=C1)c1ccc(C#N)cc1C2(C)C. The van der Waals surface area contributed by atoms with Crippen LogP contribution in [0.2, 0.25) is 0 Å². The van der Waals surface area contributed by atoms with Crippen molar-refractivity contribution in [2.24, 2.45) is 11.1 Å². The summed E-state index contributed by atoms with van der Waals surface area (Å²) < 4.78 is 0. The summed E-state index contributed by atoms with van der Waals surface area (Å²) in [5.41, 5.74) is 4.79. The van der Waals surface area contributed by atoms with Crippen molar-refractivity contribution in [2.75, 3.05) is 0 Å². The lowest BCUT2D eigenvalue weighted by atomic mass is 9.73. The standard InChI is InChI=1S/C20H20N2O2/c1-12(22-24-13(2)23)15-6-8-17-16-7-5-14(11-21)9-18(16)20(3,4)19(17)10-15/h5-10,17,19H,1-4H3/b22-12+/t17?,19-/m1/s1. The minimum Gasteiger partial charge on any atom is -0.318 e. The van der Waals surface area contributed by atoms with Gasteiger partial charge in [-0.15, -0.1) is 0 Å². The highest BCUT2D eigenvalue weighted by atomic mass is 16.7. The molecule has 0 amide bonds. The van der Waals surface area contributed by atoms with Gasteiger partial charge in [-0.2, -0.15) is 5.26 Å². The normalized spacial score (nSPS) is 23.8. The molecular formula is C20H20N2O2. The second-order valence-corrected chi connectivity index (χ2v) is 6.93. The van der Waals surface area contributed by atoms with Crippen LogP contribution in [0.15, 0.2) is 47.2 Å². The van der Waals surface area contributed by atoms with Crippen LogP contribution in [0, 0.1) is 17.2 Å². The molecule has 0 saturated carbocycles. The first-order valence-electron chi connectivity index (χ1n) is 8.01. The van der Waals surface area contributed by atoms with E-state index in [0.29, 0.717) is 17.2 Å². The monoisotopic (exact) mass is 320 g/mol. The fourth-order valence-electron chi connectivity index (χ4n) is 3.71. The molecular weight excluding hydrogens is 300 g/mol. The van der Waals surface area contributed by atoms with Crippen molar-refractivity contribution < 1.29 is 9.63 Å². The van der Waals surface area contributed by atoms with Crippen molar-refractivity contribution in [1.82, 2.24) is 0 Å². The molecule has 2 aliphatic carbocycles. The van der Waals surface area contributed by atoms with E-state index >= 15 is 0 Å². The number of carbonyl (C=O) groups excluding carboxylic acids is 1. The van der Waals surface area contributed by atoms with Crippen molar-refractivity contribution >= 4 is 11.7 Å². The largest absolute Gasteiger partial charge is 0.331 e. The summed E-state index contributed by atoms with van der Waals surface area (Å²) in [5.74, 6) is 0.155. The number of hydrogen-bond donors (Lipinski definition) is 0. The molecule has 0 N–H and O–H groups in total. The van der Waals surface area contributed by atoms with Gasteiger partial charge in [-0.1, -0.05) is 43.3 Å². The number of fused-ring (bicyclic) bond motifs is 3. The summed E-state index contributed by atoms with van der Waals surface area (Å²) in [7, 11) is 0. The van der Waals surface area contributed by atoms with E-state index < -0.39 is 5.97 Å². The Morgan fingerprint density at radius 1 is 1.33 bits per heavy atom. The number of benzene rings is 1. The Bertz CT molecular complexity index is 838. The maximum atomic E-state index is 10.9. The lowest BCUT2D eigenvalue weighted by molar-refractivity contribution is -0.140. The fraction of sp³-hybridized carbons (Fsp3) is 0.350. The summed E-state index contributed by atoms with van der Waals surface area (Å²) in [4.78, 5) is 15.7. The number of nitriles is 1. The Morgan fingerprint density at radius 3 is 2.75 bits per heavy atom. The number of hydrogen-bond acceptors (Lipinski definition) is 4. The van der Waals surface area contributed by atoms with Gasteiger partial charge in [0.15, 0.2) is 0 Å². The molecule has 0 bridgehead atoms. The Hall–Kier alpha value is -2.67. The topological polar surface area (TPSA) is 62.4 Å². The van der Waals surface area contributed by atoms with Gasteiger partial charge in [-0.25, -0.2) is 4.79 Å². The van der Waals surface area contributed by atoms with Crippen LogP contribution in [0.1, 0.15) is 50.3 Å². The predicted octanol–water partition coefficient (Wildman–Crippen LogP) is 3.98. The molecule has 0 fully saturated rings. The van der Waals surface area contributed by atoms with E-state index in [1.165, 1.54) is 18.1 Å². The average Bonchev–Trinajstić information content (AvgIpc) is 2.79. The zero-order valence-electron chi connectivity index (χ0n) is 14.3. The van der Waals surface area contributed by atoms with Crippen LogP contribution in [0.4, 0.5) is 0 Å². The third kappa shape index (κ3) is 2.56. The van der Waals surface area contributed by atoms with Gasteiger partial charge in [0.25, 0.3) is 0 Å². The van der Waals surface area contributed by atoms with Crippen LogP contribution in [-0.4, -0.2) is 11.7 Å². The Labute approximate surface area is 142 Å². The van der Waals surface area contributed by atoms with Gasteiger partial charge >= 0.3 is 5.97 Å². The zero-order chi connectivity index (χ0) is 17.5. The molecule has 122 valence electrons. The molecule has 3 rings (SSSR count). The molecule has 24 heavy (non-hydrogen) atoms. The summed E-state index contributed by atoms with van der Waals surface area (Å²) in [6.45, 7) is 7.59. The van der Waals surface area contributed by atoms with Gasteiger partial charge in [0.05, 0.1) is 17.3 Å². The Morgan fingerprint density at radius 2 is 2.08 bits per heavy atom. The van der Waals surface area contributed by atoms with Gasteiger partial charge in [0.1, 0.15) is 0 Å². The maximum Gasteiger partial charge on any atom is 0.331 e. The van der Waals surface area contributed by atoms with Gasteiger partial charge < -0.3 is 4.84 Å². The van der Waals surface area contributed by atoms with Crippen molar-refractivity contribution in [3.05, 3.63) is 58.7 Å². The van der Waals surface area contributed by atoms with E-state index in [-0.39, 0.29) is 11.3 Å². The molecule has 2 atom stereocenters. The number of rotatable bonds is 2. The smallest absolute Gasteiger partial charge is 0.318 e. The fourth-order valence-corrected chi connectivity index (χ4v) is 3.71. The summed E-state index contributed by atoms with van der Waals surface area (Å²) >= 11 is 0. The van der Waals surface area contributed by atoms with Crippen LogP contribution < -0.4 is 0 Å². The third-order valence-corrected chi connectivity index (χ3v) is 5.03. The van der Waals surface area contributed by atoms with Crippen molar-refractivity contribution in [3.8, 4) is 6.07 Å². The second-order valence-electron chi connectivity index (χ2n) is 6.93. The quantitative estimate of drug-likeness (QED) is 0.470. The number of nitrogens with zero attached hydrogens (tertiary/aromatic N) is 2. The number of allylic oxidation sites excluding steroid dienone is 4. The molecule has 2 aliphatic rings. The summed E-state index contributed by atoms with van der Waals surface area (Å²) in [5, 5.41) is 13.1. The van der Waals surface area contributed by atoms with E-state index in [1.54, 1.807) is 0 Å². The molecule has 4 nitrogen and oxygen atoms in total. The molecule has 0 spiro atoms. The first-order valence-corrected chi connectivity index (χ1v) is 8.01. The van der Waals surface area contributed by atoms with E-state index in [0.717, 1.165) is 5.57 Å². The molecule has 1 unspecified atom stereocenters. The molecule has 0 aromatic heterocycles. The predicted molar refractivity (Wildman–Crippen MR) is 92.5 cm³/mol. The zero-order valence-corrected chi connectivity index (χ0v) is 14.3. The highest BCUT2D eigenvalue weighted by Crippen LogP contribution is 2.53. The van der Waals surface area contributed by atoms with Crippen LogP contribution in [0.25, 0.3) is 0 Å². The molecule has 0 radical (unpaired) electrons. The van der Waals surface area contributed by atoms with Crippen LogP contribution in [0.3, 0.4) is 0 Å². The minimum atomic E-state index is -0.426. The lowest BCUT2D eigenvalue weighted by Gasteiger charge is -2.30. The van der Waals surface area contributed by atoms with Crippen LogP contribution in [0.5, 0.6) is 0 Å². The molecule has 0 aliphatic heterocycles. The molecule has 4 heteroatoms. The van der Waals surface area contributed by atoms with Crippen molar-refractivity contribution in [3.63, 3.8) is 0 Å².